The van der Waals surface area contributed by atoms with Crippen LogP contribution in [0.4, 0.5) is 0 Å². The zero-order chi connectivity index (χ0) is 13.4. The molecule has 4 heteroatoms. The molecule has 0 amide bonds. The van der Waals surface area contributed by atoms with Gasteiger partial charge >= 0.3 is 5.97 Å². The molecule has 1 rings (SSSR count). The van der Waals surface area contributed by atoms with Gasteiger partial charge in [0.25, 0.3) is 0 Å². The molecule has 1 atom stereocenters. The first kappa shape index (κ1) is 14.7. The molecule has 0 saturated heterocycles. The lowest BCUT2D eigenvalue weighted by atomic mass is 10.1. The largest absolute Gasteiger partial charge is 0.463 e. The van der Waals surface area contributed by atoms with Gasteiger partial charge < -0.3 is 10.1 Å². The summed E-state index contributed by atoms with van der Waals surface area (Å²) in [4.78, 5) is 11.1. The van der Waals surface area contributed by atoms with E-state index in [4.69, 9.17) is 16.3 Å². The highest BCUT2D eigenvalue weighted by molar-refractivity contribution is 6.31. The summed E-state index contributed by atoms with van der Waals surface area (Å²) in [5.41, 5.74) is 1.05. The van der Waals surface area contributed by atoms with Gasteiger partial charge in [-0.1, -0.05) is 35.9 Å². The summed E-state index contributed by atoms with van der Waals surface area (Å²) in [6, 6.07) is 7.83. The second kappa shape index (κ2) is 7.90. The Morgan fingerprint density at radius 1 is 1.50 bits per heavy atom. The normalized spacial score (nSPS) is 12.6. The lowest BCUT2D eigenvalue weighted by molar-refractivity contribution is -0.137. The fraction of sp³-hybridized carbons (Fsp3) is 0.357. The molecule has 18 heavy (non-hydrogen) atoms. The van der Waals surface area contributed by atoms with E-state index in [1.165, 1.54) is 6.08 Å². The molecule has 0 aliphatic rings. The molecular weight excluding hydrogens is 250 g/mol. The number of benzene rings is 1. The standard InChI is InChI=1S/C14H18ClNO2/c1-3-18-14(17)9-6-10-16-11(2)12-7-4-5-8-13(12)15/h4-9,11,16H,3,10H2,1-2H3/b9-6+. The zero-order valence-corrected chi connectivity index (χ0v) is 11.4. The maximum atomic E-state index is 11.1. The Morgan fingerprint density at radius 3 is 2.89 bits per heavy atom. The average molecular weight is 268 g/mol. The predicted octanol–water partition coefficient (Wildman–Crippen LogP) is 3.11. The number of hydrogen-bond donors (Lipinski definition) is 1. The molecule has 1 N–H and O–H groups in total. The third-order valence-electron chi connectivity index (χ3n) is 2.45. The van der Waals surface area contributed by atoms with Crippen molar-refractivity contribution in [2.24, 2.45) is 0 Å². The molecule has 1 unspecified atom stereocenters. The van der Waals surface area contributed by atoms with Gasteiger partial charge in [-0.15, -0.1) is 0 Å². The fourth-order valence-electron chi connectivity index (χ4n) is 1.53. The maximum Gasteiger partial charge on any atom is 0.330 e. The van der Waals surface area contributed by atoms with Crippen LogP contribution in [0.15, 0.2) is 36.4 Å². The quantitative estimate of drug-likeness (QED) is 0.636. The number of halogens is 1. The van der Waals surface area contributed by atoms with Crippen molar-refractivity contribution in [1.82, 2.24) is 5.32 Å². The Hall–Kier alpha value is -1.32. The number of nitrogens with one attached hydrogen (secondary N) is 1. The van der Waals surface area contributed by atoms with E-state index in [0.717, 1.165) is 10.6 Å². The van der Waals surface area contributed by atoms with Crippen LogP contribution in [-0.4, -0.2) is 19.1 Å². The second-order valence-corrected chi connectivity index (χ2v) is 4.21. The molecule has 98 valence electrons. The van der Waals surface area contributed by atoms with Crippen LogP contribution in [-0.2, 0) is 9.53 Å². The Bertz CT molecular complexity index is 418. The van der Waals surface area contributed by atoms with Gasteiger partial charge in [0, 0.05) is 23.7 Å². The molecule has 3 nitrogen and oxygen atoms in total. The Labute approximate surface area is 113 Å². The van der Waals surface area contributed by atoms with Crippen molar-refractivity contribution in [2.75, 3.05) is 13.2 Å². The van der Waals surface area contributed by atoms with Crippen LogP contribution >= 0.6 is 11.6 Å². The smallest absolute Gasteiger partial charge is 0.330 e. The number of carbonyl (C=O) groups excluding carboxylic acids is 1. The van der Waals surface area contributed by atoms with Gasteiger partial charge in [-0.2, -0.15) is 0 Å². The molecular formula is C14H18ClNO2. The molecule has 0 spiro atoms. The first-order valence-electron chi connectivity index (χ1n) is 5.96. The van der Waals surface area contributed by atoms with Crippen molar-refractivity contribution in [2.45, 2.75) is 19.9 Å². The van der Waals surface area contributed by atoms with Crippen molar-refractivity contribution in [1.29, 1.82) is 0 Å². The van der Waals surface area contributed by atoms with Gasteiger partial charge in [-0.3, -0.25) is 0 Å². The molecule has 0 aromatic heterocycles. The van der Waals surface area contributed by atoms with Crippen molar-refractivity contribution in [3.63, 3.8) is 0 Å². The Balaban J connectivity index is 2.40. The summed E-state index contributed by atoms with van der Waals surface area (Å²) < 4.78 is 4.78. The molecule has 1 aromatic carbocycles. The molecule has 0 fully saturated rings. The highest BCUT2D eigenvalue weighted by Crippen LogP contribution is 2.21. The summed E-state index contributed by atoms with van der Waals surface area (Å²) >= 11 is 6.09. The third kappa shape index (κ3) is 4.90. The summed E-state index contributed by atoms with van der Waals surface area (Å²) in [5.74, 6) is -0.315. The fourth-order valence-corrected chi connectivity index (χ4v) is 1.83. The van der Waals surface area contributed by atoms with Gasteiger partial charge in [0.15, 0.2) is 0 Å². The number of ether oxygens (including phenoxy) is 1. The van der Waals surface area contributed by atoms with Gasteiger partial charge in [-0.25, -0.2) is 4.79 Å². The number of esters is 1. The minimum Gasteiger partial charge on any atom is -0.463 e. The highest BCUT2D eigenvalue weighted by Gasteiger charge is 2.06. The number of rotatable bonds is 6. The number of hydrogen-bond acceptors (Lipinski definition) is 3. The Kier molecular flexibility index (Phi) is 6.47. The van der Waals surface area contributed by atoms with Crippen molar-refractivity contribution in [3.8, 4) is 0 Å². The van der Waals surface area contributed by atoms with Crippen LogP contribution in [0.2, 0.25) is 5.02 Å². The van der Waals surface area contributed by atoms with E-state index in [1.807, 2.05) is 31.2 Å². The van der Waals surface area contributed by atoms with Crippen LogP contribution in [0.1, 0.15) is 25.5 Å². The zero-order valence-electron chi connectivity index (χ0n) is 10.7. The van der Waals surface area contributed by atoms with Crippen LogP contribution in [0.5, 0.6) is 0 Å². The summed E-state index contributed by atoms with van der Waals surface area (Å²) in [5, 5.41) is 4.00. The van der Waals surface area contributed by atoms with Gasteiger partial charge in [0.05, 0.1) is 6.61 Å². The maximum absolute atomic E-state index is 11.1. The van der Waals surface area contributed by atoms with E-state index in [-0.39, 0.29) is 12.0 Å². The van der Waals surface area contributed by atoms with E-state index in [9.17, 15) is 4.79 Å². The third-order valence-corrected chi connectivity index (χ3v) is 2.80. The van der Waals surface area contributed by atoms with Gasteiger partial charge in [-0.05, 0) is 25.5 Å². The second-order valence-electron chi connectivity index (χ2n) is 3.81. The van der Waals surface area contributed by atoms with Crippen LogP contribution in [0.3, 0.4) is 0 Å². The molecule has 0 bridgehead atoms. The van der Waals surface area contributed by atoms with E-state index in [2.05, 4.69) is 5.32 Å². The Morgan fingerprint density at radius 2 is 2.22 bits per heavy atom. The summed E-state index contributed by atoms with van der Waals surface area (Å²) in [7, 11) is 0. The first-order valence-corrected chi connectivity index (χ1v) is 6.34. The monoisotopic (exact) mass is 267 g/mol. The topological polar surface area (TPSA) is 38.3 Å². The van der Waals surface area contributed by atoms with Gasteiger partial charge in [0.1, 0.15) is 0 Å². The van der Waals surface area contributed by atoms with E-state index >= 15 is 0 Å². The molecule has 0 aliphatic carbocycles. The highest BCUT2D eigenvalue weighted by atomic mass is 35.5. The lowest BCUT2D eigenvalue weighted by Gasteiger charge is -2.14. The van der Waals surface area contributed by atoms with Crippen molar-refractivity contribution >= 4 is 17.6 Å². The minimum absolute atomic E-state index is 0.130. The first-order chi connectivity index (χ1) is 8.65. The van der Waals surface area contributed by atoms with E-state index < -0.39 is 0 Å². The summed E-state index contributed by atoms with van der Waals surface area (Å²) in [6.07, 6.45) is 3.17. The SMILES string of the molecule is CCOC(=O)/C=C/CNC(C)c1ccccc1Cl. The molecule has 1 aromatic rings. The molecule has 0 saturated carbocycles. The van der Waals surface area contributed by atoms with Crippen LogP contribution < -0.4 is 5.32 Å². The van der Waals surface area contributed by atoms with Crippen LogP contribution in [0.25, 0.3) is 0 Å². The van der Waals surface area contributed by atoms with Crippen molar-refractivity contribution < 1.29 is 9.53 Å². The number of carbonyl (C=O) groups is 1. The predicted molar refractivity (Wildman–Crippen MR) is 73.6 cm³/mol. The molecule has 0 heterocycles. The van der Waals surface area contributed by atoms with E-state index in [1.54, 1.807) is 13.0 Å². The average Bonchev–Trinajstić information content (AvgIpc) is 2.35. The molecule has 0 aliphatic heterocycles. The lowest BCUT2D eigenvalue weighted by Crippen LogP contribution is -2.19. The van der Waals surface area contributed by atoms with E-state index in [0.29, 0.717) is 13.2 Å². The molecule has 0 radical (unpaired) electrons. The summed E-state index contributed by atoms with van der Waals surface area (Å²) in [6.45, 7) is 4.79. The minimum atomic E-state index is -0.315. The van der Waals surface area contributed by atoms with Crippen molar-refractivity contribution in [3.05, 3.63) is 47.0 Å². The van der Waals surface area contributed by atoms with Crippen LogP contribution in [0, 0.1) is 0 Å². The van der Waals surface area contributed by atoms with Gasteiger partial charge in [0.2, 0.25) is 0 Å².